The molecule has 1 atom stereocenters. The number of nitrogens with one attached hydrogen (secondary N) is 1. The molecule has 4 heteroatoms. The Hall–Kier alpha value is -0.220. The van der Waals surface area contributed by atoms with Crippen LogP contribution >= 0.6 is 11.8 Å². The van der Waals surface area contributed by atoms with Crippen LogP contribution in [0.5, 0.6) is 0 Å². The van der Waals surface area contributed by atoms with Gasteiger partial charge in [0, 0.05) is 0 Å². The van der Waals surface area contributed by atoms with Gasteiger partial charge in [0.1, 0.15) is 5.50 Å². The maximum absolute atomic E-state index is 10.2. The second-order valence-corrected chi connectivity index (χ2v) is 2.43. The van der Waals surface area contributed by atoms with Crippen molar-refractivity contribution in [2.75, 3.05) is 5.75 Å². The van der Waals surface area contributed by atoms with E-state index in [2.05, 4.69) is 5.32 Å². The predicted molar refractivity (Wildman–Crippen MR) is 28.6 cm³/mol. The summed E-state index contributed by atoms with van der Waals surface area (Å²) in [6.07, 6.45) is 0. The third-order valence-corrected chi connectivity index (χ3v) is 1.60. The first kappa shape index (κ1) is 4.93. The average Bonchev–Trinajstić information content (AvgIpc) is 1.87. The standard InChI is InChI=1S/C3H6N2OS/c4-3-5-2(6)1-7-3/h3H,1,4H2,(H,5,6). The van der Waals surface area contributed by atoms with Gasteiger partial charge in [0.2, 0.25) is 5.91 Å². The van der Waals surface area contributed by atoms with E-state index in [0.717, 1.165) is 0 Å². The summed E-state index contributed by atoms with van der Waals surface area (Å²) in [5.74, 6) is 0.554. The van der Waals surface area contributed by atoms with Crippen molar-refractivity contribution in [2.45, 2.75) is 5.50 Å². The van der Waals surface area contributed by atoms with Crippen LogP contribution in [0.2, 0.25) is 0 Å². The van der Waals surface area contributed by atoms with Gasteiger partial charge in [-0.15, -0.1) is 11.8 Å². The lowest BCUT2D eigenvalue weighted by Gasteiger charge is -1.95. The molecule has 1 fully saturated rings. The lowest BCUT2D eigenvalue weighted by molar-refractivity contribution is -0.118. The maximum atomic E-state index is 10.2. The zero-order chi connectivity index (χ0) is 5.28. The lowest BCUT2D eigenvalue weighted by atomic mass is 10.7. The quantitative estimate of drug-likeness (QED) is 0.433. The Morgan fingerprint density at radius 3 is 2.86 bits per heavy atom. The fourth-order valence-corrected chi connectivity index (χ4v) is 1.04. The molecule has 40 valence electrons. The van der Waals surface area contributed by atoms with Crippen LogP contribution in [0.1, 0.15) is 0 Å². The fraction of sp³-hybridized carbons (Fsp3) is 0.667. The minimum atomic E-state index is -0.160. The first-order chi connectivity index (χ1) is 3.29. The number of nitrogens with two attached hydrogens (primary N) is 1. The van der Waals surface area contributed by atoms with Crippen LogP contribution in [-0.2, 0) is 4.79 Å². The van der Waals surface area contributed by atoms with Crippen LogP contribution in [0.4, 0.5) is 0 Å². The number of hydrogen-bond acceptors (Lipinski definition) is 3. The van der Waals surface area contributed by atoms with Gasteiger partial charge in [-0.3, -0.25) is 4.79 Å². The molecule has 0 radical (unpaired) electrons. The smallest absolute Gasteiger partial charge is 0.231 e. The van der Waals surface area contributed by atoms with Crippen molar-refractivity contribution in [3.63, 3.8) is 0 Å². The number of thioether (sulfide) groups is 1. The van der Waals surface area contributed by atoms with Crippen molar-refractivity contribution >= 4 is 17.7 Å². The fourth-order valence-electron chi connectivity index (χ4n) is 0.407. The van der Waals surface area contributed by atoms with E-state index in [4.69, 9.17) is 5.73 Å². The van der Waals surface area contributed by atoms with E-state index in [1.807, 2.05) is 0 Å². The zero-order valence-corrected chi connectivity index (χ0v) is 4.49. The summed E-state index contributed by atoms with van der Waals surface area (Å²) in [4.78, 5) is 10.2. The molecule has 1 aliphatic rings. The van der Waals surface area contributed by atoms with Gasteiger partial charge < -0.3 is 11.1 Å². The Kier molecular flexibility index (Phi) is 1.21. The van der Waals surface area contributed by atoms with Gasteiger partial charge in [-0.2, -0.15) is 0 Å². The van der Waals surface area contributed by atoms with Crippen molar-refractivity contribution in [2.24, 2.45) is 5.73 Å². The molecule has 0 bridgehead atoms. The van der Waals surface area contributed by atoms with Gasteiger partial charge in [0.25, 0.3) is 0 Å². The van der Waals surface area contributed by atoms with Gasteiger partial charge in [-0.05, 0) is 0 Å². The van der Waals surface area contributed by atoms with E-state index in [1.54, 1.807) is 0 Å². The molecule has 3 N–H and O–H groups in total. The van der Waals surface area contributed by atoms with Crippen molar-refractivity contribution in [3.05, 3.63) is 0 Å². The van der Waals surface area contributed by atoms with E-state index in [9.17, 15) is 4.79 Å². The number of carbonyl (C=O) groups excluding carboxylic acids is 1. The second kappa shape index (κ2) is 1.71. The Bertz CT molecular complexity index is 94.9. The largest absolute Gasteiger partial charge is 0.331 e. The van der Waals surface area contributed by atoms with Gasteiger partial charge in [-0.25, -0.2) is 0 Å². The first-order valence-corrected chi connectivity index (χ1v) is 3.00. The van der Waals surface area contributed by atoms with E-state index in [0.29, 0.717) is 5.75 Å². The third-order valence-electron chi connectivity index (χ3n) is 0.697. The van der Waals surface area contributed by atoms with E-state index in [-0.39, 0.29) is 11.4 Å². The lowest BCUT2D eigenvalue weighted by Crippen LogP contribution is -2.31. The summed E-state index contributed by atoms with van der Waals surface area (Å²) in [5.41, 5.74) is 5.10. The number of rotatable bonds is 0. The number of hydrogen-bond donors (Lipinski definition) is 2. The summed E-state index contributed by atoms with van der Waals surface area (Å²) in [7, 11) is 0. The highest BCUT2D eigenvalue weighted by molar-refractivity contribution is 8.00. The molecule has 7 heavy (non-hydrogen) atoms. The third kappa shape index (κ3) is 1.07. The van der Waals surface area contributed by atoms with Gasteiger partial charge >= 0.3 is 0 Å². The van der Waals surface area contributed by atoms with Crippen LogP contribution in [0.15, 0.2) is 0 Å². The minimum absolute atomic E-state index is 0.0394. The predicted octanol–water partition coefficient (Wildman–Crippen LogP) is -0.908. The van der Waals surface area contributed by atoms with Crippen molar-refractivity contribution in [1.82, 2.24) is 5.32 Å². The van der Waals surface area contributed by atoms with Crippen LogP contribution in [0, 0.1) is 0 Å². The maximum Gasteiger partial charge on any atom is 0.231 e. The summed E-state index contributed by atoms with van der Waals surface area (Å²) >= 11 is 1.42. The summed E-state index contributed by atoms with van der Waals surface area (Å²) < 4.78 is 0. The molecule has 1 rings (SSSR count). The molecular formula is C3H6N2OS. The van der Waals surface area contributed by atoms with Crippen molar-refractivity contribution < 1.29 is 4.79 Å². The number of carbonyl (C=O) groups is 1. The molecule has 0 aliphatic carbocycles. The molecule has 1 amide bonds. The monoisotopic (exact) mass is 118 g/mol. The van der Waals surface area contributed by atoms with E-state index in [1.165, 1.54) is 11.8 Å². The molecule has 1 aliphatic heterocycles. The molecule has 0 aromatic rings. The summed E-state index contributed by atoms with van der Waals surface area (Å²) in [5, 5.41) is 2.52. The van der Waals surface area contributed by atoms with E-state index < -0.39 is 0 Å². The summed E-state index contributed by atoms with van der Waals surface area (Å²) in [6, 6.07) is 0. The highest BCUT2D eigenvalue weighted by atomic mass is 32.2. The Balaban J connectivity index is 2.40. The minimum Gasteiger partial charge on any atom is -0.331 e. The van der Waals surface area contributed by atoms with Crippen LogP contribution in [0.25, 0.3) is 0 Å². The highest BCUT2D eigenvalue weighted by Gasteiger charge is 2.15. The van der Waals surface area contributed by atoms with Gasteiger partial charge in [0.15, 0.2) is 0 Å². The second-order valence-electron chi connectivity index (χ2n) is 1.30. The summed E-state index contributed by atoms with van der Waals surface area (Å²) in [6.45, 7) is 0. The van der Waals surface area contributed by atoms with Crippen molar-refractivity contribution in [1.29, 1.82) is 0 Å². The van der Waals surface area contributed by atoms with E-state index >= 15 is 0 Å². The van der Waals surface area contributed by atoms with Crippen LogP contribution < -0.4 is 11.1 Å². The molecule has 0 aromatic carbocycles. The SMILES string of the molecule is NC1NC(=O)CS1. The van der Waals surface area contributed by atoms with Gasteiger partial charge in [0.05, 0.1) is 5.75 Å². The molecule has 3 nitrogen and oxygen atoms in total. The van der Waals surface area contributed by atoms with Crippen molar-refractivity contribution in [3.8, 4) is 0 Å². The molecule has 0 saturated carbocycles. The molecule has 1 unspecified atom stereocenters. The normalized spacial score (nSPS) is 30.4. The molecule has 0 spiro atoms. The molecule has 1 saturated heterocycles. The number of amides is 1. The Labute approximate surface area is 45.6 Å². The Morgan fingerprint density at radius 2 is 2.71 bits per heavy atom. The Morgan fingerprint density at radius 1 is 2.00 bits per heavy atom. The highest BCUT2D eigenvalue weighted by Crippen LogP contribution is 2.07. The van der Waals surface area contributed by atoms with Crippen LogP contribution in [-0.4, -0.2) is 17.2 Å². The first-order valence-electron chi connectivity index (χ1n) is 1.95. The zero-order valence-electron chi connectivity index (χ0n) is 3.68. The molecular weight excluding hydrogens is 112 g/mol. The molecule has 0 aromatic heterocycles. The average molecular weight is 118 g/mol. The van der Waals surface area contributed by atoms with Crippen LogP contribution in [0.3, 0.4) is 0 Å². The topological polar surface area (TPSA) is 55.1 Å². The molecule has 1 heterocycles. The van der Waals surface area contributed by atoms with Gasteiger partial charge in [-0.1, -0.05) is 0 Å².